The molecule has 1 heterocycles. The topological polar surface area (TPSA) is 33.3 Å². The molecule has 1 aliphatic heterocycles. The summed E-state index contributed by atoms with van der Waals surface area (Å²) in [6.45, 7) is 9.56. The van der Waals surface area contributed by atoms with Crippen molar-refractivity contribution in [2.45, 2.75) is 58.2 Å². The smallest absolute Gasteiger partial charge is 0.0699 e. The first-order valence-electron chi connectivity index (χ1n) is 6.27. The van der Waals surface area contributed by atoms with Crippen molar-refractivity contribution in [1.82, 2.24) is 10.6 Å². The molecule has 0 spiro atoms. The van der Waals surface area contributed by atoms with Crippen molar-refractivity contribution in [3.8, 4) is 0 Å². The summed E-state index contributed by atoms with van der Waals surface area (Å²) in [5.74, 6) is 0. The van der Waals surface area contributed by atoms with E-state index in [-0.39, 0.29) is 0 Å². The van der Waals surface area contributed by atoms with Crippen LogP contribution in [0, 0.1) is 0 Å². The molecule has 0 amide bonds. The zero-order chi connectivity index (χ0) is 11.1. The second-order valence-corrected chi connectivity index (χ2v) is 4.86. The molecular weight excluding hydrogens is 188 g/mol. The van der Waals surface area contributed by atoms with E-state index >= 15 is 0 Å². The van der Waals surface area contributed by atoms with Crippen LogP contribution in [0.1, 0.15) is 40.0 Å². The Balaban J connectivity index is 2.02. The molecule has 1 aliphatic rings. The standard InChI is InChI=1S/C12H26N2O/c1-10(2)13-8-11(3)14-9-12-6-4-5-7-15-12/h10-14H,4-9H2,1-3H3. The second-order valence-electron chi connectivity index (χ2n) is 4.86. The van der Waals surface area contributed by atoms with Crippen LogP contribution in [-0.4, -0.2) is 37.9 Å². The molecule has 0 bridgehead atoms. The lowest BCUT2D eigenvalue weighted by molar-refractivity contribution is 0.0156. The minimum atomic E-state index is 0.445. The molecule has 2 atom stereocenters. The second kappa shape index (κ2) is 7.20. The van der Waals surface area contributed by atoms with Crippen LogP contribution in [0.25, 0.3) is 0 Å². The third kappa shape index (κ3) is 6.13. The van der Waals surface area contributed by atoms with Crippen LogP contribution in [0.15, 0.2) is 0 Å². The summed E-state index contributed by atoms with van der Waals surface area (Å²) in [5, 5.41) is 6.95. The van der Waals surface area contributed by atoms with Crippen molar-refractivity contribution in [1.29, 1.82) is 0 Å². The van der Waals surface area contributed by atoms with Gasteiger partial charge in [-0.15, -0.1) is 0 Å². The number of ether oxygens (including phenoxy) is 1. The molecule has 3 heteroatoms. The molecule has 2 N–H and O–H groups in total. The highest BCUT2D eigenvalue weighted by Crippen LogP contribution is 2.11. The summed E-state index contributed by atoms with van der Waals surface area (Å²) < 4.78 is 5.67. The lowest BCUT2D eigenvalue weighted by atomic mass is 10.1. The summed E-state index contributed by atoms with van der Waals surface area (Å²) in [7, 11) is 0. The minimum Gasteiger partial charge on any atom is -0.377 e. The molecule has 0 aromatic carbocycles. The zero-order valence-corrected chi connectivity index (χ0v) is 10.4. The summed E-state index contributed by atoms with van der Waals surface area (Å²) in [6.07, 6.45) is 4.23. The summed E-state index contributed by atoms with van der Waals surface area (Å²) in [5.41, 5.74) is 0. The highest BCUT2D eigenvalue weighted by Gasteiger charge is 2.14. The van der Waals surface area contributed by atoms with Crippen LogP contribution >= 0.6 is 0 Å². The van der Waals surface area contributed by atoms with Crippen LogP contribution in [0.5, 0.6) is 0 Å². The number of nitrogens with one attached hydrogen (secondary N) is 2. The van der Waals surface area contributed by atoms with Crippen LogP contribution in [0.4, 0.5) is 0 Å². The molecule has 0 aromatic heterocycles. The highest BCUT2D eigenvalue weighted by atomic mass is 16.5. The molecule has 0 aliphatic carbocycles. The van der Waals surface area contributed by atoms with E-state index in [9.17, 15) is 0 Å². The summed E-state index contributed by atoms with van der Waals surface area (Å²) >= 11 is 0. The predicted molar refractivity (Wildman–Crippen MR) is 64.2 cm³/mol. The monoisotopic (exact) mass is 214 g/mol. The van der Waals surface area contributed by atoms with Gasteiger partial charge in [-0.25, -0.2) is 0 Å². The van der Waals surface area contributed by atoms with Crippen LogP contribution in [0.3, 0.4) is 0 Å². The average molecular weight is 214 g/mol. The van der Waals surface area contributed by atoms with Crippen molar-refractivity contribution >= 4 is 0 Å². The Kier molecular flexibility index (Phi) is 6.22. The highest BCUT2D eigenvalue weighted by molar-refractivity contribution is 4.71. The van der Waals surface area contributed by atoms with E-state index in [4.69, 9.17) is 4.74 Å². The van der Waals surface area contributed by atoms with Crippen molar-refractivity contribution in [3.05, 3.63) is 0 Å². The normalized spacial score (nSPS) is 24.4. The molecule has 90 valence electrons. The first kappa shape index (κ1) is 12.9. The molecule has 1 fully saturated rings. The van der Waals surface area contributed by atoms with Crippen LogP contribution in [0.2, 0.25) is 0 Å². The maximum Gasteiger partial charge on any atom is 0.0699 e. The van der Waals surface area contributed by atoms with Gasteiger partial charge in [-0.2, -0.15) is 0 Å². The van der Waals surface area contributed by atoms with Gasteiger partial charge < -0.3 is 15.4 Å². The molecule has 15 heavy (non-hydrogen) atoms. The minimum absolute atomic E-state index is 0.445. The molecular formula is C12H26N2O. The molecule has 2 unspecified atom stereocenters. The van der Waals surface area contributed by atoms with Gasteiger partial charge in [0, 0.05) is 31.8 Å². The first-order valence-corrected chi connectivity index (χ1v) is 6.27. The molecule has 0 aromatic rings. The number of rotatable bonds is 6. The zero-order valence-electron chi connectivity index (χ0n) is 10.4. The molecule has 3 nitrogen and oxygen atoms in total. The molecule has 0 saturated carbocycles. The van der Waals surface area contributed by atoms with Crippen LogP contribution in [-0.2, 0) is 4.74 Å². The Morgan fingerprint density at radius 2 is 2.00 bits per heavy atom. The third-order valence-electron chi connectivity index (χ3n) is 2.80. The van der Waals surface area contributed by atoms with Crippen molar-refractivity contribution in [2.24, 2.45) is 0 Å². The van der Waals surface area contributed by atoms with E-state index in [1.54, 1.807) is 0 Å². The van der Waals surface area contributed by atoms with Gasteiger partial charge in [-0.05, 0) is 26.2 Å². The van der Waals surface area contributed by atoms with Crippen molar-refractivity contribution < 1.29 is 4.74 Å². The number of hydrogen-bond donors (Lipinski definition) is 2. The lowest BCUT2D eigenvalue weighted by Crippen LogP contribution is -2.43. The molecule has 1 saturated heterocycles. The Morgan fingerprint density at radius 1 is 1.20 bits per heavy atom. The lowest BCUT2D eigenvalue weighted by Gasteiger charge is -2.25. The van der Waals surface area contributed by atoms with E-state index < -0.39 is 0 Å². The van der Waals surface area contributed by atoms with E-state index in [0.29, 0.717) is 18.2 Å². The van der Waals surface area contributed by atoms with Crippen molar-refractivity contribution in [2.75, 3.05) is 19.7 Å². The van der Waals surface area contributed by atoms with Gasteiger partial charge in [0.2, 0.25) is 0 Å². The first-order chi connectivity index (χ1) is 7.18. The van der Waals surface area contributed by atoms with Gasteiger partial charge in [-0.3, -0.25) is 0 Å². The fourth-order valence-electron chi connectivity index (χ4n) is 1.79. The van der Waals surface area contributed by atoms with E-state index in [0.717, 1.165) is 19.7 Å². The summed E-state index contributed by atoms with van der Waals surface area (Å²) in [6, 6.07) is 1.10. The van der Waals surface area contributed by atoms with Gasteiger partial charge in [0.15, 0.2) is 0 Å². The fraction of sp³-hybridized carbons (Fsp3) is 1.00. The SMILES string of the molecule is CC(C)NCC(C)NCC1CCCCO1. The Hall–Kier alpha value is -0.120. The Labute approximate surface area is 94.0 Å². The van der Waals surface area contributed by atoms with Gasteiger partial charge in [0.25, 0.3) is 0 Å². The molecule has 0 radical (unpaired) electrons. The largest absolute Gasteiger partial charge is 0.377 e. The maximum atomic E-state index is 5.67. The average Bonchev–Trinajstić information content (AvgIpc) is 2.25. The third-order valence-corrected chi connectivity index (χ3v) is 2.80. The molecule has 1 rings (SSSR count). The summed E-state index contributed by atoms with van der Waals surface area (Å²) in [4.78, 5) is 0. The van der Waals surface area contributed by atoms with Crippen LogP contribution < -0.4 is 10.6 Å². The van der Waals surface area contributed by atoms with E-state index in [1.807, 2.05) is 0 Å². The predicted octanol–water partition coefficient (Wildman–Crippen LogP) is 1.53. The van der Waals surface area contributed by atoms with Gasteiger partial charge in [-0.1, -0.05) is 13.8 Å². The number of hydrogen-bond acceptors (Lipinski definition) is 3. The van der Waals surface area contributed by atoms with E-state index in [1.165, 1.54) is 19.3 Å². The van der Waals surface area contributed by atoms with Crippen molar-refractivity contribution in [3.63, 3.8) is 0 Å². The van der Waals surface area contributed by atoms with E-state index in [2.05, 4.69) is 31.4 Å². The maximum absolute atomic E-state index is 5.67. The Bertz CT molecular complexity index is 156. The van der Waals surface area contributed by atoms with Gasteiger partial charge in [0.1, 0.15) is 0 Å². The van der Waals surface area contributed by atoms with Gasteiger partial charge >= 0.3 is 0 Å². The van der Waals surface area contributed by atoms with Gasteiger partial charge in [0.05, 0.1) is 6.10 Å². The fourth-order valence-corrected chi connectivity index (χ4v) is 1.79. The quantitative estimate of drug-likeness (QED) is 0.703. The Morgan fingerprint density at radius 3 is 2.60 bits per heavy atom.